The van der Waals surface area contributed by atoms with Gasteiger partial charge in [0.15, 0.2) is 0 Å². The van der Waals surface area contributed by atoms with Crippen molar-refractivity contribution in [2.24, 2.45) is 0 Å². The van der Waals surface area contributed by atoms with Crippen LogP contribution in [-0.2, 0) is 0 Å². The number of hydrogen-bond donors (Lipinski definition) is 2. The van der Waals surface area contributed by atoms with Crippen LogP contribution in [0.25, 0.3) is 0 Å². The lowest BCUT2D eigenvalue weighted by Gasteiger charge is -2.17. The highest BCUT2D eigenvalue weighted by atomic mass is 32.2. The van der Waals surface area contributed by atoms with Crippen molar-refractivity contribution < 1.29 is 9.90 Å². The number of nitrogens with one attached hydrogen (secondary N) is 1. The summed E-state index contributed by atoms with van der Waals surface area (Å²) >= 11 is 2.01. The molecule has 1 aliphatic carbocycles. The number of carboxylic acids is 1. The minimum Gasteiger partial charge on any atom is -0.478 e. The second-order valence-corrected chi connectivity index (χ2v) is 6.66. The summed E-state index contributed by atoms with van der Waals surface area (Å²) in [6.07, 6.45) is 3.49. The molecule has 1 saturated carbocycles. The monoisotopic (exact) mass is 279 g/mol. The van der Waals surface area contributed by atoms with Crippen LogP contribution in [0, 0.1) is 6.92 Å². The SMILES string of the molecule is CCSC1CCC(Nc2cc(C)ccc2C(=O)O)C1. The van der Waals surface area contributed by atoms with Gasteiger partial charge >= 0.3 is 5.97 Å². The fourth-order valence-corrected chi connectivity index (χ4v) is 3.78. The summed E-state index contributed by atoms with van der Waals surface area (Å²) in [5, 5.41) is 13.4. The Morgan fingerprint density at radius 1 is 1.47 bits per heavy atom. The third-order valence-corrected chi connectivity index (χ3v) is 4.78. The number of aryl methyl sites for hydroxylation is 1. The Bertz CT molecular complexity index is 461. The first kappa shape index (κ1) is 14.3. The summed E-state index contributed by atoms with van der Waals surface area (Å²) in [4.78, 5) is 11.2. The van der Waals surface area contributed by atoms with E-state index in [0.29, 0.717) is 11.6 Å². The van der Waals surface area contributed by atoms with Crippen LogP contribution in [0.5, 0.6) is 0 Å². The second-order valence-electron chi connectivity index (χ2n) is 5.09. The van der Waals surface area contributed by atoms with Gasteiger partial charge in [0.2, 0.25) is 0 Å². The quantitative estimate of drug-likeness (QED) is 0.861. The zero-order chi connectivity index (χ0) is 13.8. The van der Waals surface area contributed by atoms with Gasteiger partial charge in [-0.2, -0.15) is 11.8 Å². The average Bonchev–Trinajstić information content (AvgIpc) is 2.77. The lowest BCUT2D eigenvalue weighted by Crippen LogP contribution is -2.18. The molecule has 0 spiro atoms. The van der Waals surface area contributed by atoms with Gasteiger partial charge in [-0.3, -0.25) is 0 Å². The second kappa shape index (κ2) is 6.33. The number of rotatable bonds is 5. The van der Waals surface area contributed by atoms with E-state index in [9.17, 15) is 9.90 Å². The molecule has 2 rings (SSSR count). The van der Waals surface area contributed by atoms with Crippen molar-refractivity contribution in [2.45, 2.75) is 44.4 Å². The number of carboxylic acid groups (broad SMARTS) is 1. The summed E-state index contributed by atoms with van der Waals surface area (Å²) in [5.41, 5.74) is 2.22. The van der Waals surface area contributed by atoms with Gasteiger partial charge in [-0.1, -0.05) is 13.0 Å². The molecular formula is C15H21NO2S. The number of benzene rings is 1. The molecule has 104 valence electrons. The van der Waals surface area contributed by atoms with Gasteiger partial charge in [-0.15, -0.1) is 0 Å². The standard InChI is InChI=1S/C15H21NO2S/c1-3-19-12-6-5-11(9-12)16-14-8-10(2)4-7-13(14)15(17)18/h4,7-8,11-12,16H,3,5-6,9H2,1-2H3,(H,17,18). The lowest BCUT2D eigenvalue weighted by atomic mass is 10.1. The first-order chi connectivity index (χ1) is 9.10. The molecule has 0 radical (unpaired) electrons. The van der Waals surface area contributed by atoms with Crippen LogP contribution in [0.1, 0.15) is 42.1 Å². The average molecular weight is 279 g/mol. The van der Waals surface area contributed by atoms with Gasteiger partial charge in [0.1, 0.15) is 0 Å². The third kappa shape index (κ3) is 3.66. The topological polar surface area (TPSA) is 49.3 Å². The molecule has 1 fully saturated rings. The van der Waals surface area contributed by atoms with E-state index in [1.807, 2.05) is 30.8 Å². The maximum Gasteiger partial charge on any atom is 0.337 e. The van der Waals surface area contributed by atoms with Crippen LogP contribution in [0.15, 0.2) is 18.2 Å². The molecule has 1 aliphatic rings. The minimum atomic E-state index is -0.861. The molecule has 4 heteroatoms. The van der Waals surface area contributed by atoms with Gasteiger partial charge < -0.3 is 10.4 Å². The molecule has 3 nitrogen and oxygen atoms in total. The van der Waals surface area contributed by atoms with Crippen LogP contribution >= 0.6 is 11.8 Å². The predicted molar refractivity (Wildman–Crippen MR) is 81.3 cm³/mol. The first-order valence-corrected chi connectivity index (χ1v) is 7.87. The van der Waals surface area contributed by atoms with Gasteiger partial charge in [0, 0.05) is 17.0 Å². The molecule has 0 saturated heterocycles. The van der Waals surface area contributed by atoms with Crippen LogP contribution < -0.4 is 5.32 Å². The van der Waals surface area contributed by atoms with Crippen LogP contribution in [0.4, 0.5) is 5.69 Å². The Labute approximate surface area is 118 Å². The summed E-state index contributed by atoms with van der Waals surface area (Å²) in [5.74, 6) is 0.294. The minimum absolute atomic E-state index is 0.372. The van der Waals surface area contributed by atoms with E-state index in [4.69, 9.17) is 0 Å². The largest absolute Gasteiger partial charge is 0.478 e. The Hall–Kier alpha value is -1.16. The highest BCUT2D eigenvalue weighted by Gasteiger charge is 2.25. The van der Waals surface area contributed by atoms with E-state index in [1.54, 1.807) is 6.07 Å². The summed E-state index contributed by atoms with van der Waals surface area (Å²) in [7, 11) is 0. The van der Waals surface area contributed by atoms with Crippen LogP contribution in [-0.4, -0.2) is 28.1 Å². The van der Waals surface area contributed by atoms with E-state index in [0.717, 1.165) is 35.1 Å². The summed E-state index contributed by atoms with van der Waals surface area (Å²) in [6, 6.07) is 5.87. The lowest BCUT2D eigenvalue weighted by molar-refractivity contribution is 0.0698. The molecule has 0 aliphatic heterocycles. The predicted octanol–water partition coefficient (Wildman–Crippen LogP) is 3.78. The van der Waals surface area contributed by atoms with Crippen molar-refractivity contribution in [1.82, 2.24) is 0 Å². The van der Waals surface area contributed by atoms with Gasteiger partial charge in [-0.25, -0.2) is 4.79 Å². The van der Waals surface area contributed by atoms with E-state index in [-0.39, 0.29) is 0 Å². The first-order valence-electron chi connectivity index (χ1n) is 6.82. The molecule has 2 atom stereocenters. The highest BCUT2D eigenvalue weighted by Crippen LogP contribution is 2.32. The number of aromatic carboxylic acids is 1. The van der Waals surface area contributed by atoms with Gasteiger partial charge in [0.05, 0.1) is 5.56 Å². The van der Waals surface area contributed by atoms with Crippen molar-refractivity contribution in [3.8, 4) is 0 Å². The summed E-state index contributed by atoms with van der Waals surface area (Å²) < 4.78 is 0. The molecule has 0 aromatic heterocycles. The molecule has 2 N–H and O–H groups in total. The van der Waals surface area contributed by atoms with Crippen molar-refractivity contribution in [3.05, 3.63) is 29.3 Å². The smallest absolute Gasteiger partial charge is 0.337 e. The molecule has 1 aromatic rings. The third-order valence-electron chi connectivity index (χ3n) is 3.55. The maximum atomic E-state index is 11.2. The summed E-state index contributed by atoms with van der Waals surface area (Å²) in [6.45, 7) is 4.18. The molecule has 1 aromatic carbocycles. The molecular weight excluding hydrogens is 258 g/mol. The fraction of sp³-hybridized carbons (Fsp3) is 0.533. The van der Waals surface area contributed by atoms with E-state index >= 15 is 0 Å². The Morgan fingerprint density at radius 2 is 2.26 bits per heavy atom. The zero-order valence-electron chi connectivity index (χ0n) is 11.5. The molecule has 2 unspecified atom stereocenters. The van der Waals surface area contributed by atoms with Gasteiger partial charge in [-0.05, 0) is 49.6 Å². The van der Waals surface area contributed by atoms with Crippen LogP contribution in [0.2, 0.25) is 0 Å². The number of hydrogen-bond acceptors (Lipinski definition) is 3. The zero-order valence-corrected chi connectivity index (χ0v) is 12.3. The molecule has 19 heavy (non-hydrogen) atoms. The number of anilines is 1. The van der Waals surface area contributed by atoms with E-state index in [1.165, 1.54) is 6.42 Å². The van der Waals surface area contributed by atoms with Crippen LogP contribution in [0.3, 0.4) is 0 Å². The fourth-order valence-electron chi connectivity index (χ4n) is 2.64. The van der Waals surface area contributed by atoms with Crippen molar-refractivity contribution in [3.63, 3.8) is 0 Å². The molecule has 0 heterocycles. The molecule has 0 bridgehead atoms. The number of carbonyl (C=O) groups is 1. The Morgan fingerprint density at radius 3 is 2.95 bits per heavy atom. The van der Waals surface area contributed by atoms with E-state index < -0.39 is 5.97 Å². The maximum absolute atomic E-state index is 11.2. The van der Waals surface area contributed by atoms with Crippen molar-refractivity contribution >= 4 is 23.4 Å². The van der Waals surface area contributed by atoms with Crippen molar-refractivity contribution in [2.75, 3.05) is 11.1 Å². The highest BCUT2D eigenvalue weighted by molar-refractivity contribution is 7.99. The van der Waals surface area contributed by atoms with Crippen molar-refractivity contribution in [1.29, 1.82) is 0 Å². The Balaban J connectivity index is 2.07. The normalized spacial score (nSPS) is 22.4. The number of thioether (sulfide) groups is 1. The Kier molecular flexibility index (Phi) is 4.75. The van der Waals surface area contributed by atoms with Gasteiger partial charge in [0.25, 0.3) is 0 Å². The van der Waals surface area contributed by atoms with E-state index in [2.05, 4.69) is 12.2 Å². The molecule has 0 amide bonds.